The van der Waals surface area contributed by atoms with Gasteiger partial charge in [0.25, 0.3) is 17.4 Å². The van der Waals surface area contributed by atoms with Gasteiger partial charge < -0.3 is 14.8 Å². The molecule has 1 unspecified atom stereocenters. The van der Waals surface area contributed by atoms with Gasteiger partial charge in [0, 0.05) is 31.9 Å². The number of thiophene rings is 1. The SMILES string of the molecule is O=C(c1cccs1)N1CCc2nc(C3CCCN3C(=O)c3cccnc3)[nH]c(=O)c2C1. The van der Waals surface area contributed by atoms with E-state index in [1.54, 1.807) is 40.4 Å². The van der Waals surface area contributed by atoms with E-state index in [0.29, 0.717) is 41.3 Å². The summed E-state index contributed by atoms with van der Waals surface area (Å²) >= 11 is 1.40. The molecule has 31 heavy (non-hydrogen) atoms. The smallest absolute Gasteiger partial charge is 0.264 e. The number of fused-ring (bicyclic) bond motifs is 1. The molecule has 0 spiro atoms. The molecule has 8 nitrogen and oxygen atoms in total. The van der Waals surface area contributed by atoms with Crippen molar-refractivity contribution in [1.82, 2.24) is 24.8 Å². The second-order valence-electron chi connectivity index (χ2n) is 7.73. The standard InChI is InChI=1S/C22H21N5O3S/c28-20-15-13-26(22(30)18-6-3-11-31-18)10-7-16(15)24-19(25-20)17-5-2-9-27(17)21(29)14-4-1-8-23-12-14/h1,3-4,6,8,11-12,17H,2,5,7,9-10,13H2,(H,24,25,28). The Morgan fingerprint density at radius 3 is 2.84 bits per heavy atom. The Bertz CT molecular complexity index is 1180. The van der Waals surface area contributed by atoms with Gasteiger partial charge in [-0.3, -0.25) is 19.4 Å². The van der Waals surface area contributed by atoms with Crippen LogP contribution in [0.3, 0.4) is 0 Å². The summed E-state index contributed by atoms with van der Waals surface area (Å²) in [6, 6.07) is 6.85. The molecule has 9 heteroatoms. The van der Waals surface area contributed by atoms with E-state index in [9.17, 15) is 14.4 Å². The highest BCUT2D eigenvalue weighted by atomic mass is 32.1. The summed E-state index contributed by atoms with van der Waals surface area (Å²) in [6.45, 7) is 1.38. The van der Waals surface area contributed by atoms with Crippen molar-refractivity contribution in [3.05, 3.63) is 79.9 Å². The number of hydrogen-bond acceptors (Lipinski definition) is 6. The normalized spacial score (nSPS) is 18.1. The number of nitrogens with one attached hydrogen (secondary N) is 1. The largest absolute Gasteiger partial charge is 0.333 e. The van der Waals surface area contributed by atoms with Crippen molar-refractivity contribution >= 4 is 23.2 Å². The number of H-pyrrole nitrogens is 1. The summed E-state index contributed by atoms with van der Waals surface area (Å²) in [5.74, 6) is 0.355. The zero-order valence-electron chi connectivity index (χ0n) is 16.8. The molecule has 1 saturated heterocycles. The Morgan fingerprint density at radius 2 is 2.06 bits per heavy atom. The maximum atomic E-state index is 13.0. The number of likely N-dealkylation sites (tertiary alicyclic amines) is 1. The molecule has 3 aromatic rings. The summed E-state index contributed by atoms with van der Waals surface area (Å²) in [5.41, 5.74) is 1.54. The Hall–Kier alpha value is -3.33. The van der Waals surface area contributed by atoms with Gasteiger partial charge in [0.1, 0.15) is 5.82 Å². The van der Waals surface area contributed by atoms with Crippen LogP contribution in [-0.4, -0.2) is 49.7 Å². The highest BCUT2D eigenvalue weighted by molar-refractivity contribution is 7.12. The molecule has 0 radical (unpaired) electrons. The second kappa shape index (κ2) is 8.07. The van der Waals surface area contributed by atoms with Crippen LogP contribution < -0.4 is 5.56 Å². The quantitative estimate of drug-likeness (QED) is 0.681. The molecule has 0 bridgehead atoms. The molecule has 0 aromatic carbocycles. The molecule has 158 valence electrons. The van der Waals surface area contributed by atoms with E-state index in [4.69, 9.17) is 4.98 Å². The molecule has 5 heterocycles. The van der Waals surface area contributed by atoms with Crippen molar-refractivity contribution < 1.29 is 9.59 Å². The zero-order chi connectivity index (χ0) is 21.4. The molecule has 5 rings (SSSR count). The number of aromatic amines is 1. The van der Waals surface area contributed by atoms with E-state index in [2.05, 4.69) is 9.97 Å². The number of hydrogen-bond donors (Lipinski definition) is 1. The first kappa shape index (κ1) is 19.6. The number of nitrogens with zero attached hydrogens (tertiary/aromatic N) is 4. The van der Waals surface area contributed by atoms with Crippen molar-refractivity contribution in [2.24, 2.45) is 0 Å². The van der Waals surface area contributed by atoms with Crippen LogP contribution in [0, 0.1) is 0 Å². The monoisotopic (exact) mass is 435 g/mol. The van der Waals surface area contributed by atoms with E-state index in [0.717, 1.165) is 18.5 Å². The van der Waals surface area contributed by atoms with E-state index in [1.807, 2.05) is 11.4 Å². The number of carbonyl (C=O) groups is 2. The molecule has 1 fully saturated rings. The molecular formula is C22H21N5O3S. The average molecular weight is 436 g/mol. The van der Waals surface area contributed by atoms with Crippen LogP contribution in [0.2, 0.25) is 0 Å². The number of aromatic nitrogens is 3. The lowest BCUT2D eigenvalue weighted by molar-refractivity contribution is 0.0718. The van der Waals surface area contributed by atoms with Crippen molar-refractivity contribution in [3.63, 3.8) is 0 Å². The lowest BCUT2D eigenvalue weighted by Crippen LogP contribution is -2.40. The molecule has 2 amide bonds. The van der Waals surface area contributed by atoms with Gasteiger partial charge in [-0.1, -0.05) is 6.07 Å². The van der Waals surface area contributed by atoms with Crippen LogP contribution in [0.15, 0.2) is 46.8 Å². The fraction of sp³-hybridized carbons (Fsp3) is 0.318. The summed E-state index contributed by atoms with van der Waals surface area (Å²) in [6.07, 6.45) is 5.30. The minimum atomic E-state index is -0.267. The number of carbonyl (C=O) groups excluding carboxylic acids is 2. The Morgan fingerprint density at radius 1 is 1.16 bits per heavy atom. The molecule has 3 aromatic heterocycles. The van der Waals surface area contributed by atoms with E-state index in [1.165, 1.54) is 11.3 Å². The highest BCUT2D eigenvalue weighted by Crippen LogP contribution is 2.31. The van der Waals surface area contributed by atoms with Crippen molar-refractivity contribution in [1.29, 1.82) is 0 Å². The van der Waals surface area contributed by atoms with Gasteiger partial charge in [0.05, 0.1) is 34.3 Å². The van der Waals surface area contributed by atoms with E-state index >= 15 is 0 Å². The summed E-state index contributed by atoms with van der Waals surface area (Å²) < 4.78 is 0. The minimum Gasteiger partial charge on any atom is -0.333 e. The van der Waals surface area contributed by atoms with Gasteiger partial charge in [0.15, 0.2) is 0 Å². The van der Waals surface area contributed by atoms with Gasteiger partial charge in [0.2, 0.25) is 0 Å². The minimum absolute atomic E-state index is 0.0619. The van der Waals surface area contributed by atoms with Gasteiger partial charge in [-0.05, 0) is 36.4 Å². The Balaban J connectivity index is 1.40. The van der Waals surface area contributed by atoms with Crippen LogP contribution in [0.4, 0.5) is 0 Å². The first-order valence-corrected chi connectivity index (χ1v) is 11.2. The van der Waals surface area contributed by atoms with Gasteiger partial charge >= 0.3 is 0 Å². The molecule has 0 aliphatic carbocycles. The first-order chi connectivity index (χ1) is 15.1. The fourth-order valence-corrected chi connectivity index (χ4v) is 4.97. The van der Waals surface area contributed by atoms with Gasteiger partial charge in [-0.25, -0.2) is 4.98 Å². The van der Waals surface area contributed by atoms with E-state index < -0.39 is 0 Å². The number of rotatable bonds is 3. The summed E-state index contributed by atoms with van der Waals surface area (Å²) in [5, 5.41) is 1.87. The van der Waals surface area contributed by atoms with Gasteiger partial charge in [-0.15, -0.1) is 11.3 Å². The predicted molar refractivity (Wildman–Crippen MR) is 115 cm³/mol. The van der Waals surface area contributed by atoms with Crippen LogP contribution in [-0.2, 0) is 13.0 Å². The van der Waals surface area contributed by atoms with Crippen molar-refractivity contribution in [2.45, 2.75) is 31.8 Å². The maximum absolute atomic E-state index is 13.0. The van der Waals surface area contributed by atoms with Crippen LogP contribution in [0.1, 0.15) is 56.0 Å². The first-order valence-electron chi connectivity index (χ1n) is 10.3. The lowest BCUT2D eigenvalue weighted by Gasteiger charge is -2.29. The molecular weight excluding hydrogens is 414 g/mol. The van der Waals surface area contributed by atoms with E-state index in [-0.39, 0.29) is 30.0 Å². The Kier molecular flexibility index (Phi) is 5.11. The second-order valence-corrected chi connectivity index (χ2v) is 8.68. The summed E-state index contributed by atoms with van der Waals surface area (Å²) in [7, 11) is 0. The van der Waals surface area contributed by atoms with Crippen LogP contribution in [0.5, 0.6) is 0 Å². The third-order valence-electron chi connectivity index (χ3n) is 5.84. The van der Waals surface area contributed by atoms with Gasteiger partial charge in [-0.2, -0.15) is 0 Å². The van der Waals surface area contributed by atoms with Crippen LogP contribution >= 0.6 is 11.3 Å². The molecule has 2 aliphatic heterocycles. The fourth-order valence-electron chi connectivity index (χ4n) is 4.28. The topological polar surface area (TPSA) is 99.3 Å². The average Bonchev–Trinajstić information content (AvgIpc) is 3.51. The van der Waals surface area contributed by atoms with Crippen molar-refractivity contribution in [3.8, 4) is 0 Å². The lowest BCUT2D eigenvalue weighted by atomic mass is 10.1. The third kappa shape index (κ3) is 3.65. The molecule has 2 aliphatic rings. The zero-order valence-corrected chi connectivity index (χ0v) is 17.6. The molecule has 1 N–H and O–H groups in total. The molecule has 1 atom stereocenters. The predicted octanol–water partition coefficient (Wildman–Crippen LogP) is 2.40. The van der Waals surface area contributed by atoms with Crippen molar-refractivity contribution in [2.75, 3.05) is 13.1 Å². The third-order valence-corrected chi connectivity index (χ3v) is 6.70. The van der Waals surface area contributed by atoms with Crippen LogP contribution in [0.25, 0.3) is 0 Å². The maximum Gasteiger partial charge on any atom is 0.264 e. The summed E-state index contributed by atoms with van der Waals surface area (Å²) in [4.78, 5) is 54.3. The molecule has 0 saturated carbocycles. The Labute approximate surface area is 182 Å². The highest BCUT2D eigenvalue weighted by Gasteiger charge is 2.34. The number of pyridine rings is 1. The number of amides is 2.